The minimum absolute atomic E-state index is 0.0451. The number of aliphatic hydroxyl groups excluding tert-OH is 1. The number of carboxylic acid groups (broad SMARTS) is 1. The van der Waals surface area contributed by atoms with Crippen molar-refractivity contribution in [3.8, 4) is 5.75 Å². The largest absolute Gasteiger partial charge is 0.508 e. The number of hydrogen-bond donors (Lipinski definition) is 12. The molecule has 3 rings (SSSR count). The van der Waals surface area contributed by atoms with E-state index >= 15 is 0 Å². The van der Waals surface area contributed by atoms with Gasteiger partial charge in [-0.2, -0.15) is 0 Å². The minimum atomic E-state index is -1.96. The van der Waals surface area contributed by atoms with Crippen LogP contribution in [0.15, 0.2) is 41.8 Å². The lowest BCUT2D eigenvalue weighted by atomic mass is 9.96. The molecule has 14 N–H and O–H groups in total. The number of aromatic nitrogens is 2. The van der Waals surface area contributed by atoms with Crippen LogP contribution < -0.4 is 43.4 Å². The number of aliphatic carboxylic acids is 1. The monoisotopic (exact) mass is 926 g/mol. The Hall–Kier alpha value is -6.62. The fraction of sp³-hybridized carbons (Fsp3) is 0.581. The van der Waals surface area contributed by atoms with Crippen molar-refractivity contribution in [2.75, 3.05) is 26.7 Å². The molecule has 2 heterocycles. The van der Waals surface area contributed by atoms with Crippen LogP contribution in [0.25, 0.3) is 0 Å². The van der Waals surface area contributed by atoms with E-state index in [1.54, 1.807) is 46.9 Å². The zero-order chi connectivity index (χ0) is 49.1. The molecule has 1 unspecified atom stereocenters. The summed E-state index contributed by atoms with van der Waals surface area (Å²) in [6.45, 7) is 7.07. The van der Waals surface area contributed by atoms with Crippen molar-refractivity contribution < 1.29 is 53.7 Å². The van der Waals surface area contributed by atoms with E-state index in [-0.39, 0.29) is 57.0 Å². The molecule has 1 saturated heterocycles. The number of rotatable bonds is 27. The van der Waals surface area contributed by atoms with Gasteiger partial charge in [0, 0.05) is 44.2 Å². The number of amides is 6. The number of carbonyl (C=O) groups is 8. The van der Waals surface area contributed by atoms with Gasteiger partial charge in [-0.15, -0.1) is 0 Å². The van der Waals surface area contributed by atoms with Crippen LogP contribution in [0.4, 0.5) is 0 Å². The number of hydrogen-bond acceptors (Lipinski definition) is 13. The van der Waals surface area contributed by atoms with E-state index in [0.717, 1.165) is 0 Å². The first-order chi connectivity index (χ1) is 31.2. The van der Waals surface area contributed by atoms with E-state index in [0.29, 0.717) is 30.5 Å². The number of guanidine groups is 1. The van der Waals surface area contributed by atoms with Gasteiger partial charge in [-0.25, -0.2) is 9.78 Å². The van der Waals surface area contributed by atoms with E-state index in [1.165, 1.54) is 29.6 Å². The Kier molecular flexibility index (Phi) is 21.5. The van der Waals surface area contributed by atoms with Gasteiger partial charge in [0.15, 0.2) is 17.8 Å². The number of aliphatic hydroxyl groups is 1. The lowest BCUT2D eigenvalue weighted by Crippen LogP contribution is -2.61. The molecule has 23 nitrogen and oxygen atoms in total. The Labute approximate surface area is 383 Å². The van der Waals surface area contributed by atoms with Crippen LogP contribution in [0.2, 0.25) is 0 Å². The summed E-state index contributed by atoms with van der Waals surface area (Å²) in [5.41, 5.74) is 11.8. The predicted octanol–water partition coefficient (Wildman–Crippen LogP) is -2.30. The highest BCUT2D eigenvalue weighted by atomic mass is 16.4. The highest BCUT2D eigenvalue weighted by molar-refractivity contribution is 5.98. The van der Waals surface area contributed by atoms with Gasteiger partial charge in [-0.3, -0.25) is 38.6 Å². The van der Waals surface area contributed by atoms with Gasteiger partial charge < -0.3 is 68.6 Å². The number of carboxylic acids is 1. The summed E-state index contributed by atoms with van der Waals surface area (Å²) in [5, 5.41) is 45.3. The number of Topliss-reactive ketones (excluding diaryl/α,β-unsaturated/α-hetero) is 1. The molecule has 1 aliphatic heterocycles. The average molecular weight is 927 g/mol. The van der Waals surface area contributed by atoms with Crippen LogP contribution in [0.3, 0.4) is 0 Å². The second kappa shape index (κ2) is 26.4. The summed E-state index contributed by atoms with van der Waals surface area (Å²) in [7, 11) is 1.56. The van der Waals surface area contributed by atoms with Crippen molar-refractivity contribution in [2.45, 2.75) is 121 Å². The first kappa shape index (κ1) is 53.7. The maximum Gasteiger partial charge on any atom is 0.332 e. The number of ketones is 1. The molecule has 1 aromatic heterocycles. The maximum absolute atomic E-state index is 14.4. The van der Waals surface area contributed by atoms with Crippen LogP contribution >= 0.6 is 0 Å². The predicted molar refractivity (Wildman–Crippen MR) is 240 cm³/mol. The number of nitrogens with one attached hydrogen (secondary N) is 7. The number of phenols is 1. The zero-order valence-corrected chi connectivity index (χ0v) is 38.0. The quantitative estimate of drug-likeness (QED) is 0.0255. The summed E-state index contributed by atoms with van der Waals surface area (Å²) in [6, 6.07) is -1.36. The average Bonchev–Trinajstić information content (AvgIpc) is 3.98. The molecule has 1 aliphatic rings. The van der Waals surface area contributed by atoms with E-state index in [9.17, 15) is 48.6 Å². The number of nitrogens with two attached hydrogens (primary N) is 2. The molecule has 0 aliphatic carbocycles. The minimum Gasteiger partial charge on any atom is -0.508 e. The number of H-pyrrole nitrogens is 1. The van der Waals surface area contributed by atoms with Crippen LogP contribution in [-0.2, 0) is 51.2 Å². The first-order valence-electron chi connectivity index (χ1n) is 22.0. The molecule has 0 saturated carbocycles. The summed E-state index contributed by atoms with van der Waals surface area (Å²) < 4.78 is 0. The van der Waals surface area contributed by atoms with Gasteiger partial charge in [0.25, 0.3) is 0 Å². The Morgan fingerprint density at radius 2 is 1.52 bits per heavy atom. The third-order valence-corrected chi connectivity index (χ3v) is 11.2. The number of nitrogens with zero attached hydrogens (tertiary/aromatic N) is 3. The highest BCUT2D eigenvalue weighted by Gasteiger charge is 2.40. The third-order valence-electron chi connectivity index (χ3n) is 11.2. The number of likely N-dealkylation sites (N-methyl/N-ethyl adjacent to an activating group) is 1. The molecule has 8 atom stereocenters. The normalized spacial score (nSPS) is 16.7. The molecule has 0 spiro atoms. The van der Waals surface area contributed by atoms with E-state index in [1.807, 2.05) is 0 Å². The van der Waals surface area contributed by atoms with Crippen molar-refractivity contribution in [3.63, 3.8) is 0 Å². The number of aromatic amines is 1. The summed E-state index contributed by atoms with van der Waals surface area (Å²) >= 11 is 0. The standard InChI is InChI=1S/C43H66N12O11/c1-6-24(4)36(40(63)52-30(18-26-20-47-22-49-26)41(64)55-16-8-10-31(55)32(57)19-33(58)42(65)66)54-38(61)29(17-25-11-13-27(56)14-12-25)51-39(62)35(23(2)3)53-37(60)28(50-34(59)21-46-5)9-7-15-48-43(44)45/h11-14,20,22-24,28-31,33,35-36,46,56,58H,6-10,15-19,21H2,1-5H3,(H,47,49)(H,50,59)(H,51,62)(H,52,63)(H,53,60)(H,54,61)(H,65,66)(H4,44,45,48)/t24-,28-,29-,30-,31-,33?,35-,36-/m0/s1. The van der Waals surface area contributed by atoms with Gasteiger partial charge in [0.05, 0.1) is 18.9 Å². The van der Waals surface area contributed by atoms with Gasteiger partial charge in [-0.05, 0) is 62.3 Å². The van der Waals surface area contributed by atoms with E-state index in [4.69, 9.17) is 16.6 Å². The lowest BCUT2D eigenvalue weighted by Gasteiger charge is -2.32. The van der Waals surface area contributed by atoms with Gasteiger partial charge >= 0.3 is 5.97 Å². The van der Waals surface area contributed by atoms with Crippen LogP contribution in [0, 0.1) is 11.8 Å². The number of benzene rings is 1. The van der Waals surface area contributed by atoms with E-state index in [2.05, 4.69) is 46.9 Å². The Morgan fingerprint density at radius 3 is 2.11 bits per heavy atom. The molecular formula is C43H66N12O11. The molecular weight excluding hydrogens is 861 g/mol. The highest BCUT2D eigenvalue weighted by Crippen LogP contribution is 2.22. The molecule has 0 radical (unpaired) electrons. The van der Waals surface area contributed by atoms with Crippen LogP contribution in [-0.4, -0.2) is 152 Å². The molecule has 2 aromatic rings. The smallest absolute Gasteiger partial charge is 0.332 e. The van der Waals surface area contributed by atoms with Crippen molar-refractivity contribution >= 4 is 53.2 Å². The molecule has 66 heavy (non-hydrogen) atoms. The zero-order valence-electron chi connectivity index (χ0n) is 38.0. The second-order valence-electron chi connectivity index (χ2n) is 16.7. The Balaban J connectivity index is 1.91. The molecule has 1 aromatic carbocycles. The fourth-order valence-electron chi connectivity index (χ4n) is 7.32. The topological polar surface area (TPSA) is 366 Å². The van der Waals surface area contributed by atoms with Gasteiger partial charge in [0.2, 0.25) is 35.4 Å². The lowest BCUT2D eigenvalue weighted by molar-refractivity contribution is -0.150. The van der Waals surface area contributed by atoms with Gasteiger partial charge in [0.1, 0.15) is 36.0 Å². The molecule has 23 heteroatoms. The molecule has 364 valence electrons. The maximum atomic E-state index is 14.4. The van der Waals surface area contributed by atoms with Crippen LogP contribution in [0.5, 0.6) is 5.75 Å². The number of aromatic hydroxyl groups is 1. The fourth-order valence-corrected chi connectivity index (χ4v) is 7.32. The molecule has 1 fully saturated rings. The van der Waals surface area contributed by atoms with Crippen molar-refractivity contribution in [1.29, 1.82) is 0 Å². The number of imidazole rings is 1. The van der Waals surface area contributed by atoms with E-state index < -0.39 is 108 Å². The van der Waals surface area contributed by atoms with Crippen molar-refractivity contribution in [2.24, 2.45) is 28.3 Å². The third kappa shape index (κ3) is 16.7. The SMILES string of the molecule is CC[C@H](C)[C@H](NC(=O)[C@H](Cc1ccc(O)cc1)NC(=O)[C@@H](NC(=O)[C@H](CCCN=C(N)N)NC(=O)CNC)C(C)C)C(=O)N[C@@H](Cc1cnc[nH]1)C(=O)N1CCC[C@H]1C(=O)CC(O)C(=O)O. The first-order valence-corrected chi connectivity index (χ1v) is 22.0. The molecule has 6 amide bonds. The summed E-state index contributed by atoms with van der Waals surface area (Å²) in [4.78, 5) is 120. The van der Waals surface area contributed by atoms with Gasteiger partial charge in [-0.1, -0.05) is 46.2 Å². The van der Waals surface area contributed by atoms with Crippen molar-refractivity contribution in [1.82, 2.24) is 46.8 Å². The number of phenolic OH excluding ortho intramolecular Hbond substituents is 1. The number of likely N-dealkylation sites (tertiary alicyclic amines) is 1. The number of carbonyl (C=O) groups excluding carboxylic acids is 7. The Morgan fingerprint density at radius 1 is 0.879 bits per heavy atom. The van der Waals surface area contributed by atoms with Crippen LogP contribution in [0.1, 0.15) is 77.5 Å². The summed E-state index contributed by atoms with van der Waals surface area (Å²) in [5.74, 6) is -7.58. The molecule has 0 bridgehead atoms. The van der Waals surface area contributed by atoms with Crippen molar-refractivity contribution in [3.05, 3.63) is 48.0 Å². The Bertz CT molecular complexity index is 1990. The second-order valence-corrected chi connectivity index (χ2v) is 16.7. The number of aliphatic imine (C=N–C) groups is 1. The summed E-state index contributed by atoms with van der Waals surface area (Å²) in [6.07, 6.45) is 1.38.